The van der Waals surface area contributed by atoms with Crippen LogP contribution in [0.5, 0.6) is 0 Å². The number of rotatable bonds is 5. The van der Waals surface area contributed by atoms with Gasteiger partial charge in [0.15, 0.2) is 0 Å². The van der Waals surface area contributed by atoms with Gasteiger partial charge in [-0.3, -0.25) is 14.5 Å². The Balaban J connectivity index is 0.00000324. The second-order valence-corrected chi connectivity index (χ2v) is 4.91. The lowest BCUT2D eigenvalue weighted by molar-refractivity contribution is -0.132. The van der Waals surface area contributed by atoms with Gasteiger partial charge >= 0.3 is 0 Å². The summed E-state index contributed by atoms with van der Waals surface area (Å²) in [5, 5.41) is 5.73. The molecule has 112 valence electrons. The average Bonchev–Trinajstić information content (AvgIpc) is 2.29. The van der Waals surface area contributed by atoms with Crippen molar-refractivity contribution in [2.75, 3.05) is 46.3 Å². The zero-order valence-electron chi connectivity index (χ0n) is 11.9. The number of piperazine rings is 1. The summed E-state index contributed by atoms with van der Waals surface area (Å²) < 4.78 is 0. The monoisotopic (exact) mass is 292 g/mol. The quantitative estimate of drug-likeness (QED) is 0.703. The van der Waals surface area contributed by atoms with Crippen LogP contribution in [0.15, 0.2) is 0 Å². The average molecular weight is 293 g/mol. The van der Waals surface area contributed by atoms with Crippen LogP contribution >= 0.6 is 12.4 Å². The predicted octanol–water partition coefficient (Wildman–Crippen LogP) is -0.704. The van der Waals surface area contributed by atoms with Crippen LogP contribution in [-0.2, 0) is 9.59 Å². The number of nitrogens with zero attached hydrogens (tertiary/aromatic N) is 2. The molecule has 1 saturated heterocycles. The smallest absolute Gasteiger partial charge is 0.236 e. The molecule has 1 aliphatic heterocycles. The van der Waals surface area contributed by atoms with Gasteiger partial charge in [0, 0.05) is 32.2 Å². The van der Waals surface area contributed by atoms with Crippen LogP contribution < -0.4 is 10.6 Å². The predicted molar refractivity (Wildman–Crippen MR) is 77.5 cm³/mol. The minimum Gasteiger partial charge on any atom is -0.353 e. The summed E-state index contributed by atoms with van der Waals surface area (Å²) in [7, 11) is 1.77. The molecule has 1 heterocycles. The van der Waals surface area contributed by atoms with Gasteiger partial charge < -0.3 is 15.5 Å². The van der Waals surface area contributed by atoms with Crippen molar-refractivity contribution in [1.29, 1.82) is 0 Å². The van der Waals surface area contributed by atoms with Crippen LogP contribution in [0.1, 0.15) is 13.8 Å². The maximum atomic E-state index is 11.6. The maximum Gasteiger partial charge on any atom is 0.236 e. The van der Waals surface area contributed by atoms with Crippen molar-refractivity contribution in [2.45, 2.75) is 19.9 Å². The van der Waals surface area contributed by atoms with Crippen molar-refractivity contribution in [3.05, 3.63) is 0 Å². The highest BCUT2D eigenvalue weighted by atomic mass is 35.5. The van der Waals surface area contributed by atoms with E-state index in [0.717, 1.165) is 13.1 Å². The minimum atomic E-state index is 0. The molecular weight excluding hydrogens is 268 g/mol. The summed E-state index contributed by atoms with van der Waals surface area (Å²) in [6, 6.07) is 0.177. The first-order chi connectivity index (χ1) is 8.52. The molecule has 0 aliphatic carbocycles. The number of carbonyl (C=O) groups excluding carboxylic acids is 2. The molecule has 0 atom stereocenters. The fraction of sp³-hybridized carbons (Fsp3) is 0.833. The zero-order chi connectivity index (χ0) is 13.5. The molecule has 6 nitrogen and oxygen atoms in total. The number of halogens is 1. The van der Waals surface area contributed by atoms with Gasteiger partial charge in [-0.25, -0.2) is 0 Å². The standard InChI is InChI=1S/C12H24N4O2.ClH/c1-10(2)14-11(17)9-15-4-6-16(7-5-15)12(18)8-13-3;/h10,13H,4-9H2,1-3H3,(H,14,17);1H. The van der Waals surface area contributed by atoms with E-state index in [9.17, 15) is 9.59 Å². The molecule has 0 aromatic heterocycles. The van der Waals surface area contributed by atoms with Crippen LogP contribution in [0.2, 0.25) is 0 Å². The molecule has 0 aromatic carbocycles. The Bertz CT molecular complexity index is 291. The van der Waals surface area contributed by atoms with Crippen LogP contribution in [0.25, 0.3) is 0 Å². The molecule has 19 heavy (non-hydrogen) atoms. The van der Waals surface area contributed by atoms with Crippen molar-refractivity contribution in [3.8, 4) is 0 Å². The van der Waals surface area contributed by atoms with Crippen LogP contribution in [0.4, 0.5) is 0 Å². The first-order valence-corrected chi connectivity index (χ1v) is 6.47. The van der Waals surface area contributed by atoms with Gasteiger partial charge in [-0.2, -0.15) is 0 Å². The van der Waals surface area contributed by atoms with Gasteiger partial charge in [0.25, 0.3) is 0 Å². The zero-order valence-corrected chi connectivity index (χ0v) is 12.8. The lowest BCUT2D eigenvalue weighted by atomic mass is 10.3. The fourth-order valence-electron chi connectivity index (χ4n) is 1.99. The Morgan fingerprint density at radius 1 is 1.16 bits per heavy atom. The molecule has 7 heteroatoms. The van der Waals surface area contributed by atoms with E-state index in [1.165, 1.54) is 0 Å². The van der Waals surface area contributed by atoms with Crippen LogP contribution in [0, 0.1) is 0 Å². The summed E-state index contributed by atoms with van der Waals surface area (Å²) in [5.74, 6) is 0.184. The van der Waals surface area contributed by atoms with Crippen LogP contribution in [0.3, 0.4) is 0 Å². The molecule has 1 aliphatic rings. The van der Waals surface area contributed by atoms with E-state index in [0.29, 0.717) is 26.2 Å². The molecule has 1 rings (SSSR count). The highest BCUT2D eigenvalue weighted by molar-refractivity contribution is 5.85. The van der Waals surface area contributed by atoms with Gasteiger partial charge in [-0.1, -0.05) is 0 Å². The molecule has 0 aromatic rings. The number of hydrogen-bond acceptors (Lipinski definition) is 4. The first kappa shape index (κ1) is 18.1. The van der Waals surface area contributed by atoms with E-state index in [1.54, 1.807) is 7.05 Å². The number of nitrogens with one attached hydrogen (secondary N) is 2. The third-order valence-corrected chi connectivity index (χ3v) is 2.87. The molecule has 1 fully saturated rings. The Labute approximate surface area is 121 Å². The third-order valence-electron chi connectivity index (χ3n) is 2.87. The van der Waals surface area contributed by atoms with E-state index >= 15 is 0 Å². The van der Waals surface area contributed by atoms with E-state index in [4.69, 9.17) is 0 Å². The topological polar surface area (TPSA) is 64.7 Å². The summed E-state index contributed by atoms with van der Waals surface area (Å²) in [5.41, 5.74) is 0. The van der Waals surface area contributed by atoms with Crippen molar-refractivity contribution in [2.24, 2.45) is 0 Å². The van der Waals surface area contributed by atoms with Crippen molar-refractivity contribution >= 4 is 24.2 Å². The molecular formula is C12H25ClN4O2. The summed E-state index contributed by atoms with van der Waals surface area (Å²) in [6.45, 7) is 7.64. The van der Waals surface area contributed by atoms with E-state index in [1.807, 2.05) is 18.7 Å². The van der Waals surface area contributed by atoms with E-state index in [-0.39, 0.29) is 30.3 Å². The minimum absolute atomic E-state index is 0. The van der Waals surface area contributed by atoms with Gasteiger partial charge in [-0.15, -0.1) is 12.4 Å². The third kappa shape index (κ3) is 6.75. The van der Waals surface area contributed by atoms with Gasteiger partial charge in [0.1, 0.15) is 0 Å². The highest BCUT2D eigenvalue weighted by Gasteiger charge is 2.21. The van der Waals surface area contributed by atoms with Crippen LogP contribution in [-0.4, -0.2) is 74.0 Å². The molecule has 0 bridgehead atoms. The highest BCUT2D eigenvalue weighted by Crippen LogP contribution is 2.01. The molecule has 0 unspecified atom stereocenters. The van der Waals surface area contributed by atoms with Crippen molar-refractivity contribution < 1.29 is 9.59 Å². The van der Waals surface area contributed by atoms with E-state index in [2.05, 4.69) is 15.5 Å². The van der Waals surface area contributed by atoms with Crippen molar-refractivity contribution in [3.63, 3.8) is 0 Å². The maximum absolute atomic E-state index is 11.6. The normalized spacial score (nSPS) is 16.1. The molecule has 0 saturated carbocycles. The SMILES string of the molecule is CNCC(=O)N1CCN(CC(=O)NC(C)C)CC1.Cl. The Hall–Kier alpha value is -0.850. The summed E-state index contributed by atoms with van der Waals surface area (Å²) in [4.78, 5) is 27.2. The lowest BCUT2D eigenvalue weighted by Crippen LogP contribution is -2.52. The second kappa shape index (κ2) is 9.12. The Morgan fingerprint density at radius 2 is 1.74 bits per heavy atom. The Morgan fingerprint density at radius 3 is 2.21 bits per heavy atom. The summed E-state index contributed by atoms with van der Waals surface area (Å²) in [6.07, 6.45) is 0. The number of hydrogen-bond donors (Lipinski definition) is 2. The van der Waals surface area contributed by atoms with E-state index < -0.39 is 0 Å². The number of carbonyl (C=O) groups is 2. The molecule has 2 amide bonds. The summed E-state index contributed by atoms with van der Waals surface area (Å²) >= 11 is 0. The van der Waals surface area contributed by atoms with Gasteiger partial charge in [-0.05, 0) is 20.9 Å². The van der Waals surface area contributed by atoms with Gasteiger partial charge in [0.2, 0.25) is 11.8 Å². The Kier molecular flexibility index (Phi) is 8.71. The first-order valence-electron chi connectivity index (χ1n) is 6.47. The second-order valence-electron chi connectivity index (χ2n) is 4.91. The number of amides is 2. The lowest BCUT2D eigenvalue weighted by Gasteiger charge is -2.34. The van der Waals surface area contributed by atoms with Gasteiger partial charge in [0.05, 0.1) is 13.1 Å². The molecule has 0 spiro atoms. The molecule has 2 N–H and O–H groups in total. The largest absolute Gasteiger partial charge is 0.353 e. The number of likely N-dealkylation sites (N-methyl/N-ethyl adjacent to an activating group) is 1. The van der Waals surface area contributed by atoms with Crippen molar-refractivity contribution in [1.82, 2.24) is 20.4 Å². The fourth-order valence-corrected chi connectivity index (χ4v) is 1.99. The molecule has 0 radical (unpaired) electrons.